The molecule has 5 heteroatoms. The summed E-state index contributed by atoms with van der Waals surface area (Å²) in [7, 11) is 0. The first kappa shape index (κ1) is 15.3. The molecule has 2 atom stereocenters. The van der Waals surface area contributed by atoms with Gasteiger partial charge in [-0.1, -0.05) is 18.2 Å². The van der Waals surface area contributed by atoms with Crippen molar-refractivity contribution in [3.63, 3.8) is 0 Å². The smallest absolute Gasteiger partial charge is 0.270 e. The van der Waals surface area contributed by atoms with Gasteiger partial charge < -0.3 is 5.32 Å². The van der Waals surface area contributed by atoms with Crippen LogP contribution in [0.2, 0.25) is 0 Å². The molecule has 4 nitrogen and oxygen atoms in total. The summed E-state index contributed by atoms with van der Waals surface area (Å²) in [6.07, 6.45) is 4.22. The summed E-state index contributed by atoms with van der Waals surface area (Å²) < 4.78 is 2.37. The van der Waals surface area contributed by atoms with Crippen LogP contribution < -0.4 is 5.32 Å². The lowest BCUT2D eigenvalue weighted by Gasteiger charge is -2.49. The first-order valence-corrected chi connectivity index (χ1v) is 9.84. The Kier molecular flexibility index (Phi) is 3.54. The zero-order valence-corrected chi connectivity index (χ0v) is 15.1. The van der Waals surface area contributed by atoms with Crippen molar-refractivity contribution in [1.82, 2.24) is 15.2 Å². The number of amides is 1. The van der Waals surface area contributed by atoms with Crippen LogP contribution in [-0.4, -0.2) is 41.0 Å². The fraction of sp³-hybridized carbons (Fsp3) is 0.400. The van der Waals surface area contributed by atoms with Crippen molar-refractivity contribution in [3.05, 3.63) is 42.2 Å². The highest BCUT2D eigenvalue weighted by molar-refractivity contribution is 7.25. The molecule has 25 heavy (non-hydrogen) atoms. The van der Waals surface area contributed by atoms with Crippen LogP contribution in [0, 0.1) is 5.92 Å². The normalized spacial score (nSPS) is 28.5. The summed E-state index contributed by atoms with van der Waals surface area (Å²) in [5.41, 5.74) is 0.527. The number of nitrogens with zero attached hydrogens (tertiary/aromatic N) is 2. The summed E-state index contributed by atoms with van der Waals surface area (Å²) in [6.45, 7) is 4.58. The van der Waals surface area contributed by atoms with Gasteiger partial charge >= 0.3 is 0 Å². The van der Waals surface area contributed by atoms with Gasteiger partial charge in [-0.3, -0.25) is 9.69 Å². The number of piperidine rings is 3. The zero-order chi connectivity index (χ0) is 17.0. The van der Waals surface area contributed by atoms with E-state index >= 15 is 0 Å². The van der Waals surface area contributed by atoms with Gasteiger partial charge in [0.2, 0.25) is 0 Å². The number of rotatable bonds is 2. The number of hydrogen-bond donors (Lipinski definition) is 1. The Labute approximate surface area is 150 Å². The Bertz CT molecular complexity index is 956. The Morgan fingerprint density at radius 1 is 1.20 bits per heavy atom. The van der Waals surface area contributed by atoms with Gasteiger partial charge in [0, 0.05) is 33.8 Å². The molecule has 0 radical (unpaired) electrons. The first-order valence-electron chi connectivity index (χ1n) is 9.03. The third-order valence-electron chi connectivity index (χ3n) is 5.97. The molecule has 0 unspecified atom stereocenters. The van der Waals surface area contributed by atoms with Crippen molar-refractivity contribution in [2.45, 2.75) is 31.8 Å². The van der Waals surface area contributed by atoms with E-state index < -0.39 is 0 Å². The fourth-order valence-corrected chi connectivity index (χ4v) is 5.58. The molecule has 0 aliphatic carbocycles. The number of nitrogens with one attached hydrogen (secondary N) is 1. The maximum Gasteiger partial charge on any atom is 0.270 e. The molecule has 1 amide bonds. The summed E-state index contributed by atoms with van der Waals surface area (Å²) in [5, 5.41) is 5.61. The highest BCUT2D eigenvalue weighted by Gasteiger charge is 2.40. The van der Waals surface area contributed by atoms with E-state index in [4.69, 9.17) is 0 Å². The number of benzene rings is 1. The number of aromatic nitrogens is 1. The van der Waals surface area contributed by atoms with Gasteiger partial charge in [-0.2, -0.15) is 0 Å². The summed E-state index contributed by atoms with van der Waals surface area (Å²) in [6, 6.07) is 10.9. The maximum atomic E-state index is 12.8. The number of carbonyl (C=O) groups is 1. The van der Waals surface area contributed by atoms with Crippen molar-refractivity contribution in [1.29, 1.82) is 0 Å². The van der Waals surface area contributed by atoms with Crippen LogP contribution in [0.25, 0.3) is 20.2 Å². The lowest BCUT2D eigenvalue weighted by Crippen LogP contribution is -2.62. The van der Waals surface area contributed by atoms with Crippen LogP contribution >= 0.6 is 11.3 Å². The molecule has 3 aliphatic heterocycles. The molecular weight excluding hydrogens is 330 g/mol. The third kappa shape index (κ3) is 2.45. The molecule has 2 bridgehead atoms. The lowest BCUT2D eigenvalue weighted by atomic mass is 9.79. The Morgan fingerprint density at radius 3 is 2.80 bits per heavy atom. The van der Waals surface area contributed by atoms with Crippen LogP contribution in [0.3, 0.4) is 0 Å². The predicted octanol–water partition coefficient (Wildman–Crippen LogP) is 3.66. The quantitative estimate of drug-likeness (QED) is 0.766. The summed E-state index contributed by atoms with van der Waals surface area (Å²) in [4.78, 5) is 19.8. The Morgan fingerprint density at radius 2 is 2.00 bits per heavy atom. The molecule has 3 aliphatic rings. The van der Waals surface area contributed by atoms with Gasteiger partial charge in [0.1, 0.15) is 5.69 Å². The molecule has 5 heterocycles. The van der Waals surface area contributed by atoms with Gasteiger partial charge in [-0.05, 0) is 50.9 Å². The van der Waals surface area contributed by atoms with Crippen molar-refractivity contribution < 1.29 is 4.79 Å². The van der Waals surface area contributed by atoms with Crippen molar-refractivity contribution in [3.8, 4) is 0 Å². The van der Waals surface area contributed by atoms with E-state index in [0.29, 0.717) is 17.7 Å². The molecule has 2 aromatic heterocycles. The van der Waals surface area contributed by atoms with Crippen LogP contribution in [0.4, 0.5) is 0 Å². The number of fused-ring (bicyclic) bond motifs is 6. The van der Waals surface area contributed by atoms with Gasteiger partial charge in [0.05, 0.1) is 4.70 Å². The van der Waals surface area contributed by atoms with Crippen LogP contribution in [-0.2, 0) is 0 Å². The molecule has 3 saturated heterocycles. The Hall–Kier alpha value is -1.98. The Balaban J connectivity index is 1.46. The third-order valence-corrected chi connectivity index (χ3v) is 7.09. The van der Waals surface area contributed by atoms with E-state index in [9.17, 15) is 4.79 Å². The second kappa shape index (κ2) is 5.78. The first-order chi connectivity index (χ1) is 12.2. The standard InChI is InChI=1S/C20H21N3OS/c1-12-19(13-6-8-23(12)9-7-13)22-20(24)16-10-15-14-4-2-3-5-17(14)25-18(15)11-21-16/h2-5,10-13,19H,6-9H2,1H3,(H,22,24)/t12-,19+/m1/s1. The number of hydrogen-bond acceptors (Lipinski definition) is 4. The number of pyridine rings is 1. The van der Waals surface area contributed by atoms with Crippen molar-refractivity contribution >= 4 is 37.4 Å². The molecule has 1 N–H and O–H groups in total. The minimum atomic E-state index is -0.0391. The minimum absolute atomic E-state index is 0.0391. The van der Waals surface area contributed by atoms with Gasteiger partial charge in [-0.15, -0.1) is 11.3 Å². The van der Waals surface area contributed by atoms with E-state index in [1.54, 1.807) is 11.3 Å². The molecule has 0 saturated carbocycles. The van der Waals surface area contributed by atoms with Crippen molar-refractivity contribution in [2.24, 2.45) is 5.92 Å². The number of carbonyl (C=O) groups excluding carboxylic acids is 1. The molecule has 3 aromatic rings. The SMILES string of the molecule is C[C@@H]1[C@H](NC(=O)c2cc3c(cn2)sc2ccccc23)C2CCN1CC2. The van der Waals surface area contributed by atoms with Gasteiger partial charge in [-0.25, -0.2) is 4.98 Å². The summed E-state index contributed by atoms with van der Waals surface area (Å²) in [5.74, 6) is 0.567. The molecule has 1 aromatic carbocycles. The maximum absolute atomic E-state index is 12.8. The highest BCUT2D eigenvalue weighted by atomic mass is 32.1. The monoisotopic (exact) mass is 351 g/mol. The minimum Gasteiger partial charge on any atom is -0.346 e. The molecule has 0 spiro atoms. The molecule has 6 rings (SSSR count). The van der Waals surface area contributed by atoms with Crippen LogP contribution in [0.15, 0.2) is 36.5 Å². The van der Waals surface area contributed by atoms with E-state index in [0.717, 1.165) is 10.1 Å². The largest absolute Gasteiger partial charge is 0.346 e. The average molecular weight is 351 g/mol. The van der Waals surface area contributed by atoms with Crippen LogP contribution in [0.1, 0.15) is 30.3 Å². The predicted molar refractivity (Wildman–Crippen MR) is 102 cm³/mol. The highest BCUT2D eigenvalue weighted by Crippen LogP contribution is 2.34. The van der Waals surface area contributed by atoms with Crippen molar-refractivity contribution in [2.75, 3.05) is 13.1 Å². The lowest BCUT2D eigenvalue weighted by molar-refractivity contribution is 0.0216. The van der Waals surface area contributed by atoms with Crippen LogP contribution in [0.5, 0.6) is 0 Å². The topological polar surface area (TPSA) is 45.2 Å². The zero-order valence-electron chi connectivity index (χ0n) is 14.2. The molecule has 128 valence electrons. The van der Waals surface area contributed by atoms with E-state index in [1.807, 2.05) is 24.4 Å². The van der Waals surface area contributed by atoms with E-state index in [2.05, 4.69) is 34.3 Å². The van der Waals surface area contributed by atoms with Gasteiger partial charge in [0.25, 0.3) is 5.91 Å². The second-order valence-corrected chi connectivity index (χ2v) is 8.36. The fourth-order valence-electron chi connectivity index (χ4n) is 4.53. The molecule has 3 fully saturated rings. The summed E-state index contributed by atoms with van der Waals surface area (Å²) >= 11 is 1.73. The second-order valence-electron chi connectivity index (χ2n) is 7.28. The number of thiophene rings is 1. The van der Waals surface area contributed by atoms with E-state index in [1.165, 1.54) is 36.0 Å². The van der Waals surface area contributed by atoms with Gasteiger partial charge in [0.15, 0.2) is 0 Å². The molecular formula is C20H21N3OS. The average Bonchev–Trinajstić information content (AvgIpc) is 3.03. The van der Waals surface area contributed by atoms with E-state index in [-0.39, 0.29) is 11.9 Å².